The first-order valence-corrected chi connectivity index (χ1v) is 16.4. The van der Waals surface area contributed by atoms with Crippen LogP contribution >= 0.6 is 0 Å². The molecular weight excluding hydrogens is 514 g/mol. The minimum atomic E-state index is 0.948. The van der Waals surface area contributed by atoms with Gasteiger partial charge in [-0.05, 0) is 83.6 Å². The summed E-state index contributed by atoms with van der Waals surface area (Å²) in [6, 6.07) is 17.6. The fourth-order valence-electron chi connectivity index (χ4n) is 7.01. The lowest BCUT2D eigenvalue weighted by atomic mass is 10.0. The Morgan fingerprint density at radius 3 is 1.57 bits per heavy atom. The van der Waals surface area contributed by atoms with E-state index in [0.717, 1.165) is 76.3 Å². The quantitative estimate of drug-likeness (QED) is 0.172. The van der Waals surface area contributed by atoms with E-state index in [9.17, 15) is 0 Å². The number of nitrogens with zero attached hydrogens (tertiary/aromatic N) is 3. The summed E-state index contributed by atoms with van der Waals surface area (Å²) < 4.78 is 5.04. The maximum Gasteiger partial charge on any atom is 0.0489 e. The minimum absolute atomic E-state index is 0.948. The van der Waals surface area contributed by atoms with E-state index in [1.165, 1.54) is 70.0 Å². The van der Waals surface area contributed by atoms with Crippen LogP contribution in [0.2, 0.25) is 0 Å². The van der Waals surface area contributed by atoms with Gasteiger partial charge in [0.25, 0.3) is 0 Å². The Morgan fingerprint density at radius 1 is 0.690 bits per heavy atom. The molecule has 5 nitrogen and oxygen atoms in total. The number of benzene rings is 2. The molecule has 4 aromatic rings. The van der Waals surface area contributed by atoms with Crippen LogP contribution in [-0.2, 0) is 25.9 Å². The molecule has 0 saturated carbocycles. The Morgan fingerprint density at radius 2 is 1.12 bits per heavy atom. The predicted octanol–water partition coefficient (Wildman–Crippen LogP) is 7.83. The monoisotopic (exact) mass is 565 g/mol. The van der Waals surface area contributed by atoms with Gasteiger partial charge in [-0.1, -0.05) is 63.4 Å². The van der Waals surface area contributed by atoms with E-state index in [2.05, 4.69) is 93.4 Å². The lowest BCUT2D eigenvalue weighted by Crippen LogP contribution is -2.27. The van der Waals surface area contributed by atoms with Crippen LogP contribution in [0, 0.1) is 0 Å². The van der Waals surface area contributed by atoms with E-state index in [-0.39, 0.29) is 0 Å². The Labute approximate surface area is 253 Å². The first-order valence-electron chi connectivity index (χ1n) is 16.4. The summed E-state index contributed by atoms with van der Waals surface area (Å²) >= 11 is 0. The third-order valence-corrected chi connectivity index (χ3v) is 8.96. The summed E-state index contributed by atoms with van der Waals surface area (Å²) in [5.74, 6) is 0. The summed E-state index contributed by atoms with van der Waals surface area (Å²) in [7, 11) is 2.24. The molecule has 4 heterocycles. The average Bonchev–Trinajstić information content (AvgIpc) is 3.55. The molecular formula is C37H51N5. The number of nitrogens with one attached hydrogen (secondary N) is 2. The SMILES string of the molecule is C=C(NCCCN(C)CCCNC(=C)c1c2n(c3ccccc13)CCCC2)c1c2n(c3ccccc13)CCCC2.CC. The van der Waals surface area contributed by atoms with Crippen LogP contribution < -0.4 is 10.6 Å². The van der Waals surface area contributed by atoms with E-state index in [1.54, 1.807) is 0 Å². The van der Waals surface area contributed by atoms with Crippen molar-refractivity contribution in [2.24, 2.45) is 0 Å². The van der Waals surface area contributed by atoms with E-state index >= 15 is 0 Å². The van der Waals surface area contributed by atoms with Gasteiger partial charge in [-0.15, -0.1) is 0 Å². The van der Waals surface area contributed by atoms with Crippen LogP contribution in [0.3, 0.4) is 0 Å². The zero-order valence-corrected chi connectivity index (χ0v) is 26.3. The van der Waals surface area contributed by atoms with Gasteiger partial charge in [-0.3, -0.25) is 0 Å². The van der Waals surface area contributed by atoms with Crippen molar-refractivity contribution < 1.29 is 0 Å². The number of para-hydroxylation sites is 2. The van der Waals surface area contributed by atoms with Crippen molar-refractivity contribution >= 4 is 33.2 Å². The summed E-state index contributed by atoms with van der Waals surface area (Å²) in [6.45, 7) is 19.2. The molecule has 0 radical (unpaired) electrons. The van der Waals surface area contributed by atoms with Crippen molar-refractivity contribution in [2.45, 2.75) is 78.3 Å². The molecule has 2 aliphatic heterocycles. The molecule has 0 amide bonds. The molecule has 0 saturated heterocycles. The van der Waals surface area contributed by atoms with Gasteiger partial charge in [-0.2, -0.15) is 0 Å². The topological polar surface area (TPSA) is 37.2 Å². The molecule has 2 aromatic heterocycles. The Kier molecular flexibility index (Phi) is 10.1. The van der Waals surface area contributed by atoms with Gasteiger partial charge in [0, 0.05) is 81.9 Å². The molecule has 0 fully saturated rings. The molecule has 0 unspecified atom stereocenters. The molecule has 5 heteroatoms. The standard InChI is InChI=1S/C35H45N5.C2H6/c1-26(34-28-14-4-6-16-30(28)39-24-10-8-18-32(34)39)36-20-12-22-38(3)23-13-21-37-27(2)35-29-15-5-7-17-31(29)40-25-11-9-19-33(35)40;1-2/h4-7,14-17,36-37H,1-2,8-13,18-25H2,3H3;1-2H3. The van der Waals surface area contributed by atoms with Gasteiger partial charge in [-0.25, -0.2) is 0 Å². The molecule has 0 atom stereocenters. The number of fused-ring (bicyclic) bond motifs is 6. The maximum absolute atomic E-state index is 4.46. The molecule has 224 valence electrons. The highest BCUT2D eigenvalue weighted by molar-refractivity contribution is 5.95. The molecule has 42 heavy (non-hydrogen) atoms. The number of aryl methyl sites for hydroxylation is 2. The first kappa shape index (κ1) is 30.0. The summed E-state index contributed by atoms with van der Waals surface area (Å²) in [5.41, 5.74) is 10.5. The minimum Gasteiger partial charge on any atom is -0.385 e. The average molecular weight is 566 g/mol. The molecule has 6 rings (SSSR count). The fraction of sp³-hybridized carbons (Fsp3) is 0.459. The second-order valence-electron chi connectivity index (χ2n) is 11.7. The van der Waals surface area contributed by atoms with Gasteiger partial charge in [0.05, 0.1) is 0 Å². The fourth-order valence-corrected chi connectivity index (χ4v) is 7.01. The number of rotatable bonds is 12. The lowest BCUT2D eigenvalue weighted by Gasteiger charge is -2.20. The highest BCUT2D eigenvalue weighted by Gasteiger charge is 2.22. The highest BCUT2D eigenvalue weighted by atomic mass is 15.1. The Bertz CT molecular complexity index is 1410. The smallest absolute Gasteiger partial charge is 0.0489 e. The summed E-state index contributed by atoms with van der Waals surface area (Å²) in [6.07, 6.45) is 9.59. The summed E-state index contributed by atoms with van der Waals surface area (Å²) in [5, 5.41) is 10.0. The predicted molar refractivity (Wildman–Crippen MR) is 182 cm³/mol. The van der Waals surface area contributed by atoms with Crippen LogP contribution in [0.5, 0.6) is 0 Å². The zero-order chi connectivity index (χ0) is 29.5. The third-order valence-electron chi connectivity index (χ3n) is 8.96. The van der Waals surface area contributed by atoms with Crippen molar-refractivity contribution in [3.05, 3.63) is 84.2 Å². The van der Waals surface area contributed by atoms with Gasteiger partial charge in [0.2, 0.25) is 0 Å². The van der Waals surface area contributed by atoms with Crippen LogP contribution in [0.4, 0.5) is 0 Å². The Balaban J connectivity index is 0.00000173. The number of hydrogen-bond acceptors (Lipinski definition) is 3. The van der Waals surface area contributed by atoms with Crippen LogP contribution in [0.25, 0.3) is 33.2 Å². The molecule has 2 aliphatic rings. The summed E-state index contributed by atoms with van der Waals surface area (Å²) in [4.78, 5) is 2.44. The largest absolute Gasteiger partial charge is 0.385 e. The molecule has 2 aromatic carbocycles. The van der Waals surface area contributed by atoms with Gasteiger partial charge >= 0.3 is 0 Å². The highest BCUT2D eigenvalue weighted by Crippen LogP contribution is 2.35. The Hall–Kier alpha value is -3.44. The van der Waals surface area contributed by atoms with Crippen molar-refractivity contribution in [3.63, 3.8) is 0 Å². The van der Waals surface area contributed by atoms with Gasteiger partial charge < -0.3 is 24.7 Å². The lowest BCUT2D eigenvalue weighted by molar-refractivity contribution is 0.325. The molecule has 0 spiro atoms. The van der Waals surface area contributed by atoms with E-state index in [0.29, 0.717) is 0 Å². The molecule has 0 bridgehead atoms. The van der Waals surface area contributed by atoms with Crippen molar-refractivity contribution in [1.29, 1.82) is 0 Å². The molecule has 0 aliphatic carbocycles. The van der Waals surface area contributed by atoms with E-state index < -0.39 is 0 Å². The normalized spacial score (nSPS) is 14.3. The second kappa shape index (κ2) is 14.2. The number of hydrogen-bond donors (Lipinski definition) is 2. The second-order valence-corrected chi connectivity index (χ2v) is 11.7. The van der Waals surface area contributed by atoms with Crippen LogP contribution in [-0.4, -0.2) is 47.3 Å². The van der Waals surface area contributed by atoms with Crippen molar-refractivity contribution in [2.75, 3.05) is 33.2 Å². The third kappa shape index (κ3) is 6.17. The maximum atomic E-state index is 4.46. The van der Waals surface area contributed by atoms with Gasteiger partial charge in [0.1, 0.15) is 0 Å². The van der Waals surface area contributed by atoms with E-state index in [1.807, 2.05) is 13.8 Å². The van der Waals surface area contributed by atoms with Crippen molar-refractivity contribution in [1.82, 2.24) is 24.7 Å². The first-order chi connectivity index (χ1) is 20.6. The number of aromatic nitrogens is 2. The zero-order valence-electron chi connectivity index (χ0n) is 26.3. The van der Waals surface area contributed by atoms with Crippen LogP contribution in [0.1, 0.15) is 74.9 Å². The van der Waals surface area contributed by atoms with Crippen LogP contribution in [0.15, 0.2) is 61.7 Å². The molecule has 2 N–H and O–H groups in total. The van der Waals surface area contributed by atoms with E-state index in [4.69, 9.17) is 0 Å². The van der Waals surface area contributed by atoms with Crippen molar-refractivity contribution in [3.8, 4) is 0 Å². The van der Waals surface area contributed by atoms with Gasteiger partial charge in [0.15, 0.2) is 0 Å².